The molecule has 0 amide bonds. The number of para-hydroxylation sites is 2. The van der Waals surface area contributed by atoms with Crippen LogP contribution in [0.1, 0.15) is 25.0 Å². The molecule has 0 saturated heterocycles. The lowest BCUT2D eigenvalue weighted by Gasteiger charge is -2.23. The van der Waals surface area contributed by atoms with Crippen LogP contribution in [0.15, 0.2) is 65.1 Å². The van der Waals surface area contributed by atoms with Crippen LogP contribution < -0.4 is 5.32 Å². The Balaban J connectivity index is 1.49. The van der Waals surface area contributed by atoms with Crippen molar-refractivity contribution in [2.75, 3.05) is 5.32 Å². The highest BCUT2D eigenvalue weighted by Gasteiger charge is 2.42. The van der Waals surface area contributed by atoms with Crippen molar-refractivity contribution in [3.05, 3.63) is 71.8 Å². The van der Waals surface area contributed by atoms with E-state index in [1.807, 2.05) is 74.5 Å². The zero-order chi connectivity index (χ0) is 23.1. The summed E-state index contributed by atoms with van der Waals surface area (Å²) in [5.41, 5.74) is 4.70. The second kappa shape index (κ2) is 6.36. The van der Waals surface area contributed by atoms with Gasteiger partial charge in [-0.3, -0.25) is 0 Å². The van der Waals surface area contributed by atoms with Gasteiger partial charge in [-0.15, -0.1) is 0 Å². The van der Waals surface area contributed by atoms with E-state index in [4.69, 9.17) is 4.42 Å². The second-order valence-corrected chi connectivity index (χ2v) is 8.94. The van der Waals surface area contributed by atoms with E-state index in [-0.39, 0.29) is 0 Å². The van der Waals surface area contributed by atoms with Crippen LogP contribution in [0.5, 0.6) is 23.0 Å². The second-order valence-electron chi connectivity index (χ2n) is 8.94. The van der Waals surface area contributed by atoms with E-state index >= 15 is 0 Å². The van der Waals surface area contributed by atoms with Crippen LogP contribution in [-0.2, 0) is 5.41 Å². The third kappa shape index (κ3) is 2.49. The maximum atomic E-state index is 10.6. The summed E-state index contributed by atoms with van der Waals surface area (Å²) in [4.78, 5) is 0. The van der Waals surface area contributed by atoms with Gasteiger partial charge in [-0.05, 0) is 35.4 Å². The minimum Gasteiger partial charge on any atom is -0.504 e. The number of nitrogens with one attached hydrogen (secondary N) is 1. The fraction of sp³-hybridized carbons (Fsp3) is 0.111. The Hall–Kier alpha value is -4.32. The summed E-state index contributed by atoms with van der Waals surface area (Å²) >= 11 is 0. The molecule has 0 spiro atoms. The molecule has 1 heterocycles. The first-order chi connectivity index (χ1) is 15.8. The molecule has 0 bridgehead atoms. The Kier molecular flexibility index (Phi) is 3.73. The standard InChI is InChI=1S/C27H21NO5/c1-27(2)17-12-13(10-11-16(17)20-21(27)23(30)25(32)24(31)22(20)29)28-18-8-5-7-15-14-6-3-4-9-19(14)33-26(15)18/h3-12,28-32H,1-2H3. The molecule has 0 radical (unpaired) electrons. The van der Waals surface area contributed by atoms with Gasteiger partial charge in [0, 0.05) is 33.0 Å². The topological polar surface area (TPSA) is 106 Å². The van der Waals surface area contributed by atoms with Gasteiger partial charge in [-0.2, -0.15) is 0 Å². The van der Waals surface area contributed by atoms with Crippen LogP contribution in [0.2, 0.25) is 0 Å². The number of anilines is 2. The number of furan rings is 1. The Bertz CT molecular complexity index is 1610. The van der Waals surface area contributed by atoms with Crippen LogP contribution in [0.3, 0.4) is 0 Å². The van der Waals surface area contributed by atoms with Gasteiger partial charge in [0.2, 0.25) is 11.5 Å². The summed E-state index contributed by atoms with van der Waals surface area (Å²) < 4.78 is 6.11. The summed E-state index contributed by atoms with van der Waals surface area (Å²) in [7, 11) is 0. The molecular formula is C27H21NO5. The zero-order valence-corrected chi connectivity index (χ0v) is 18.0. The first-order valence-corrected chi connectivity index (χ1v) is 10.6. The molecule has 5 N–H and O–H groups in total. The highest BCUT2D eigenvalue weighted by Crippen LogP contribution is 2.61. The molecule has 0 atom stereocenters. The predicted octanol–water partition coefficient (Wildman–Crippen LogP) is 6.46. The predicted molar refractivity (Wildman–Crippen MR) is 128 cm³/mol. The van der Waals surface area contributed by atoms with Crippen molar-refractivity contribution in [1.82, 2.24) is 0 Å². The van der Waals surface area contributed by atoms with Gasteiger partial charge in [0.1, 0.15) is 5.58 Å². The van der Waals surface area contributed by atoms with Crippen LogP contribution >= 0.6 is 0 Å². The maximum Gasteiger partial charge on any atom is 0.204 e. The van der Waals surface area contributed by atoms with Crippen molar-refractivity contribution in [2.45, 2.75) is 19.3 Å². The van der Waals surface area contributed by atoms with Crippen LogP contribution in [-0.4, -0.2) is 20.4 Å². The molecule has 0 aliphatic heterocycles. The van der Waals surface area contributed by atoms with Gasteiger partial charge < -0.3 is 30.2 Å². The van der Waals surface area contributed by atoms with Gasteiger partial charge >= 0.3 is 0 Å². The van der Waals surface area contributed by atoms with E-state index < -0.39 is 28.4 Å². The summed E-state index contributed by atoms with van der Waals surface area (Å²) in [6, 6.07) is 19.5. The number of fused-ring (bicyclic) bond motifs is 6. The Morgan fingerprint density at radius 1 is 0.758 bits per heavy atom. The number of phenols is 4. The molecule has 1 aromatic heterocycles. The highest BCUT2D eigenvalue weighted by atomic mass is 16.3. The van der Waals surface area contributed by atoms with Gasteiger partial charge in [0.25, 0.3) is 0 Å². The fourth-order valence-corrected chi connectivity index (χ4v) is 5.06. The van der Waals surface area contributed by atoms with Crippen molar-refractivity contribution < 1.29 is 24.8 Å². The lowest BCUT2D eigenvalue weighted by Crippen LogP contribution is -2.15. The Morgan fingerprint density at radius 3 is 2.30 bits per heavy atom. The lowest BCUT2D eigenvalue weighted by atomic mass is 9.81. The highest BCUT2D eigenvalue weighted by molar-refractivity contribution is 6.09. The van der Waals surface area contributed by atoms with Crippen molar-refractivity contribution in [2.24, 2.45) is 0 Å². The quantitative estimate of drug-likeness (QED) is 0.160. The van der Waals surface area contributed by atoms with Crippen LogP contribution in [0.4, 0.5) is 11.4 Å². The fourth-order valence-electron chi connectivity index (χ4n) is 5.06. The molecule has 1 aliphatic carbocycles. The monoisotopic (exact) mass is 439 g/mol. The van der Waals surface area contributed by atoms with Crippen molar-refractivity contribution in [3.63, 3.8) is 0 Å². The van der Waals surface area contributed by atoms with Gasteiger partial charge in [0.05, 0.1) is 5.69 Å². The van der Waals surface area contributed by atoms with Crippen molar-refractivity contribution in [1.29, 1.82) is 0 Å². The minimum absolute atomic E-state index is 0.328. The minimum atomic E-state index is -0.728. The molecule has 4 aromatic carbocycles. The third-order valence-electron chi connectivity index (χ3n) is 6.67. The first-order valence-electron chi connectivity index (χ1n) is 10.6. The average Bonchev–Trinajstić information content (AvgIpc) is 3.30. The molecule has 0 fully saturated rings. The molecule has 164 valence electrons. The molecule has 5 aromatic rings. The van der Waals surface area contributed by atoms with Crippen molar-refractivity contribution >= 4 is 33.3 Å². The maximum absolute atomic E-state index is 10.6. The molecule has 0 unspecified atom stereocenters. The summed E-state index contributed by atoms with van der Waals surface area (Å²) in [5, 5.41) is 46.8. The van der Waals surface area contributed by atoms with Gasteiger partial charge in [-0.1, -0.05) is 50.2 Å². The average molecular weight is 439 g/mol. The molecule has 6 nitrogen and oxygen atoms in total. The lowest BCUT2D eigenvalue weighted by molar-refractivity contribution is 0.342. The smallest absolute Gasteiger partial charge is 0.204 e. The van der Waals surface area contributed by atoms with Crippen LogP contribution in [0, 0.1) is 0 Å². The zero-order valence-electron chi connectivity index (χ0n) is 18.0. The third-order valence-corrected chi connectivity index (χ3v) is 6.67. The molecule has 6 heteroatoms. The van der Waals surface area contributed by atoms with E-state index in [9.17, 15) is 20.4 Å². The Morgan fingerprint density at radius 2 is 1.48 bits per heavy atom. The largest absolute Gasteiger partial charge is 0.504 e. The SMILES string of the molecule is CC1(C)c2cc(Nc3cccc4c3oc3ccccc34)ccc2-c2c(O)c(O)c(O)c(O)c21. The normalized spacial score (nSPS) is 13.9. The molecule has 33 heavy (non-hydrogen) atoms. The number of benzene rings is 4. The van der Waals surface area contributed by atoms with Crippen LogP contribution in [0.25, 0.3) is 33.1 Å². The van der Waals surface area contributed by atoms with Gasteiger partial charge in [0.15, 0.2) is 17.1 Å². The number of aromatic hydroxyl groups is 4. The van der Waals surface area contributed by atoms with Crippen molar-refractivity contribution in [3.8, 4) is 34.1 Å². The molecule has 1 aliphatic rings. The number of hydrogen-bond acceptors (Lipinski definition) is 6. The summed E-state index contributed by atoms with van der Waals surface area (Å²) in [6.45, 7) is 3.80. The molecule has 6 rings (SSSR count). The van der Waals surface area contributed by atoms with E-state index in [1.54, 1.807) is 0 Å². The Labute approximate surface area is 189 Å². The number of phenolic OH excluding ortho intramolecular Hbond substituents is 4. The van der Waals surface area contributed by atoms with E-state index in [2.05, 4.69) is 5.32 Å². The van der Waals surface area contributed by atoms with E-state index in [0.29, 0.717) is 16.7 Å². The number of hydrogen-bond donors (Lipinski definition) is 5. The first kappa shape index (κ1) is 19.4. The van der Waals surface area contributed by atoms with Gasteiger partial charge in [-0.25, -0.2) is 0 Å². The molecule has 0 saturated carbocycles. The molecular weight excluding hydrogens is 418 g/mol. The number of rotatable bonds is 2. The summed E-state index contributed by atoms with van der Waals surface area (Å²) in [6.07, 6.45) is 0. The van der Waals surface area contributed by atoms with E-state index in [1.165, 1.54) is 0 Å². The summed E-state index contributed by atoms with van der Waals surface area (Å²) in [5.74, 6) is -2.32. The van der Waals surface area contributed by atoms with E-state index in [0.717, 1.165) is 38.9 Å².